The lowest BCUT2D eigenvalue weighted by atomic mass is 10.1. The van der Waals surface area contributed by atoms with E-state index in [1.807, 2.05) is 6.07 Å². The zero-order chi connectivity index (χ0) is 16.4. The molecule has 0 saturated carbocycles. The van der Waals surface area contributed by atoms with Crippen LogP contribution < -0.4 is 5.73 Å². The SMILES string of the molecule is Nc1nnnn1CC(=O)N1CCOC(c2ccc(Cl)c(Cl)c2)C1. The van der Waals surface area contributed by atoms with Gasteiger partial charge in [-0.1, -0.05) is 34.4 Å². The van der Waals surface area contributed by atoms with Gasteiger partial charge in [-0.2, -0.15) is 0 Å². The predicted octanol–water partition coefficient (Wildman–Crippen LogP) is 1.16. The second kappa shape index (κ2) is 6.69. The number of carbonyl (C=O) groups is 1. The van der Waals surface area contributed by atoms with Crippen molar-refractivity contribution in [2.24, 2.45) is 0 Å². The van der Waals surface area contributed by atoms with Gasteiger partial charge in [-0.05, 0) is 28.1 Å². The second-order valence-electron chi connectivity index (χ2n) is 5.07. The summed E-state index contributed by atoms with van der Waals surface area (Å²) in [6.07, 6.45) is -0.256. The predicted molar refractivity (Wildman–Crippen MR) is 84.0 cm³/mol. The number of carbonyl (C=O) groups excluding carboxylic acids is 1. The summed E-state index contributed by atoms with van der Waals surface area (Å²) in [5.41, 5.74) is 6.45. The molecule has 0 radical (unpaired) electrons. The van der Waals surface area contributed by atoms with Gasteiger partial charge < -0.3 is 15.4 Å². The van der Waals surface area contributed by atoms with E-state index in [4.69, 9.17) is 33.7 Å². The third-order valence-electron chi connectivity index (χ3n) is 3.58. The van der Waals surface area contributed by atoms with Gasteiger partial charge in [0.2, 0.25) is 11.9 Å². The largest absolute Gasteiger partial charge is 0.370 e. The highest BCUT2D eigenvalue weighted by atomic mass is 35.5. The van der Waals surface area contributed by atoms with E-state index in [9.17, 15) is 4.79 Å². The van der Waals surface area contributed by atoms with Crippen molar-refractivity contribution in [1.82, 2.24) is 25.1 Å². The summed E-state index contributed by atoms with van der Waals surface area (Å²) < 4.78 is 6.99. The van der Waals surface area contributed by atoms with Crippen molar-refractivity contribution >= 4 is 35.1 Å². The summed E-state index contributed by atoms with van der Waals surface area (Å²) in [6, 6.07) is 5.30. The minimum Gasteiger partial charge on any atom is -0.370 e. The number of halogens is 2. The highest BCUT2D eigenvalue weighted by molar-refractivity contribution is 6.42. The van der Waals surface area contributed by atoms with Crippen molar-refractivity contribution in [1.29, 1.82) is 0 Å². The van der Waals surface area contributed by atoms with Crippen molar-refractivity contribution in [3.63, 3.8) is 0 Å². The fourth-order valence-corrected chi connectivity index (χ4v) is 2.65. The number of nitrogens with two attached hydrogens (primary N) is 1. The van der Waals surface area contributed by atoms with Crippen LogP contribution in [-0.4, -0.2) is 50.7 Å². The Morgan fingerprint density at radius 2 is 2.22 bits per heavy atom. The standard InChI is InChI=1S/C13H14Cl2N6O2/c14-9-2-1-8(5-10(9)15)11-6-20(3-4-23-11)12(22)7-21-13(16)17-18-19-21/h1-2,5,11H,3-4,6-7H2,(H2,16,17,19). The summed E-state index contributed by atoms with van der Waals surface area (Å²) >= 11 is 12.0. The van der Waals surface area contributed by atoms with Crippen LogP contribution in [0.15, 0.2) is 18.2 Å². The Kier molecular flexibility index (Phi) is 4.65. The molecule has 23 heavy (non-hydrogen) atoms. The van der Waals surface area contributed by atoms with Crippen molar-refractivity contribution < 1.29 is 9.53 Å². The van der Waals surface area contributed by atoms with E-state index in [2.05, 4.69) is 15.5 Å². The highest BCUT2D eigenvalue weighted by Crippen LogP contribution is 2.29. The molecule has 0 spiro atoms. The molecule has 1 unspecified atom stereocenters. The third-order valence-corrected chi connectivity index (χ3v) is 4.32. The van der Waals surface area contributed by atoms with Gasteiger partial charge in [-0.25, -0.2) is 4.68 Å². The van der Waals surface area contributed by atoms with Crippen LogP contribution in [0, 0.1) is 0 Å². The van der Waals surface area contributed by atoms with Crippen molar-refractivity contribution in [3.05, 3.63) is 33.8 Å². The van der Waals surface area contributed by atoms with E-state index in [-0.39, 0.29) is 24.5 Å². The average molecular weight is 357 g/mol. The first-order valence-corrected chi connectivity index (χ1v) is 7.66. The van der Waals surface area contributed by atoms with Crippen LogP contribution in [0.2, 0.25) is 10.0 Å². The van der Waals surface area contributed by atoms with E-state index >= 15 is 0 Å². The summed E-state index contributed by atoms with van der Waals surface area (Å²) in [7, 11) is 0. The van der Waals surface area contributed by atoms with Crippen LogP contribution in [0.3, 0.4) is 0 Å². The number of ether oxygens (including phenoxy) is 1. The Hall–Kier alpha value is -1.90. The van der Waals surface area contributed by atoms with Gasteiger partial charge >= 0.3 is 0 Å². The lowest BCUT2D eigenvalue weighted by Crippen LogP contribution is -2.43. The van der Waals surface area contributed by atoms with Crippen molar-refractivity contribution in [3.8, 4) is 0 Å². The Morgan fingerprint density at radius 1 is 1.39 bits per heavy atom. The van der Waals surface area contributed by atoms with Gasteiger partial charge in [0, 0.05) is 6.54 Å². The zero-order valence-electron chi connectivity index (χ0n) is 12.0. The van der Waals surface area contributed by atoms with Crippen molar-refractivity contribution in [2.45, 2.75) is 12.6 Å². The molecule has 0 bridgehead atoms. The van der Waals surface area contributed by atoms with Crippen LogP contribution in [0.4, 0.5) is 5.95 Å². The van der Waals surface area contributed by atoms with Gasteiger partial charge in [0.25, 0.3) is 0 Å². The molecule has 1 saturated heterocycles. The maximum Gasteiger partial charge on any atom is 0.244 e. The molecule has 3 rings (SSSR count). The van der Waals surface area contributed by atoms with Crippen LogP contribution in [-0.2, 0) is 16.1 Å². The molecular formula is C13H14Cl2N6O2. The molecule has 8 nitrogen and oxygen atoms in total. The number of hydrogen-bond donors (Lipinski definition) is 1. The molecule has 2 N–H and O–H groups in total. The molecule has 1 aliphatic heterocycles. The number of amides is 1. The normalized spacial score (nSPS) is 18.2. The summed E-state index contributed by atoms with van der Waals surface area (Å²) in [6.45, 7) is 1.34. The fourth-order valence-electron chi connectivity index (χ4n) is 2.34. The molecule has 1 aromatic carbocycles. The number of hydrogen-bond acceptors (Lipinski definition) is 6. The third kappa shape index (κ3) is 3.54. The number of nitrogens with zero attached hydrogens (tertiary/aromatic N) is 5. The number of benzene rings is 1. The first kappa shape index (κ1) is 16.0. The lowest BCUT2D eigenvalue weighted by molar-refractivity contribution is -0.139. The first-order valence-electron chi connectivity index (χ1n) is 6.90. The van der Waals surface area contributed by atoms with Gasteiger partial charge in [0.1, 0.15) is 12.6 Å². The number of aromatic nitrogens is 4. The van der Waals surface area contributed by atoms with Crippen LogP contribution >= 0.6 is 23.2 Å². The number of tetrazole rings is 1. The molecule has 1 atom stereocenters. The fraction of sp³-hybridized carbons (Fsp3) is 0.385. The molecule has 2 aromatic rings. The Bertz CT molecular complexity index is 722. The maximum absolute atomic E-state index is 12.4. The first-order chi connectivity index (χ1) is 11.0. The quantitative estimate of drug-likeness (QED) is 0.885. The molecule has 122 valence electrons. The molecule has 1 fully saturated rings. The summed E-state index contributed by atoms with van der Waals surface area (Å²) in [5, 5.41) is 11.6. The Morgan fingerprint density at radius 3 is 2.91 bits per heavy atom. The summed E-state index contributed by atoms with van der Waals surface area (Å²) in [5.74, 6) is -0.0231. The summed E-state index contributed by atoms with van der Waals surface area (Å²) in [4.78, 5) is 14.1. The average Bonchev–Trinajstić information content (AvgIpc) is 2.95. The molecule has 2 heterocycles. The maximum atomic E-state index is 12.4. The van der Waals surface area contributed by atoms with Crippen LogP contribution in [0.5, 0.6) is 0 Å². The van der Waals surface area contributed by atoms with Crippen molar-refractivity contribution in [2.75, 3.05) is 25.4 Å². The van der Waals surface area contributed by atoms with Crippen LogP contribution in [0.25, 0.3) is 0 Å². The molecule has 0 aliphatic carbocycles. The van der Waals surface area contributed by atoms with E-state index in [0.717, 1.165) is 5.56 Å². The lowest BCUT2D eigenvalue weighted by Gasteiger charge is -2.33. The Balaban J connectivity index is 1.69. The Labute approximate surface area is 142 Å². The monoisotopic (exact) mass is 356 g/mol. The molecule has 1 aromatic heterocycles. The van der Waals surface area contributed by atoms with Crippen LogP contribution in [0.1, 0.15) is 11.7 Å². The number of nitrogen functional groups attached to an aromatic ring is 1. The minimum absolute atomic E-state index is 0.00702. The molecular weight excluding hydrogens is 343 g/mol. The number of rotatable bonds is 3. The topological polar surface area (TPSA) is 99.2 Å². The van der Waals surface area contributed by atoms with Gasteiger partial charge in [0.15, 0.2) is 0 Å². The van der Waals surface area contributed by atoms with E-state index in [0.29, 0.717) is 29.7 Å². The molecule has 1 aliphatic rings. The van der Waals surface area contributed by atoms with E-state index in [1.165, 1.54) is 4.68 Å². The number of morpholine rings is 1. The molecule has 10 heteroatoms. The minimum atomic E-state index is -0.256. The number of anilines is 1. The second-order valence-corrected chi connectivity index (χ2v) is 5.88. The van der Waals surface area contributed by atoms with E-state index < -0.39 is 0 Å². The van der Waals surface area contributed by atoms with Gasteiger partial charge in [-0.3, -0.25) is 4.79 Å². The van der Waals surface area contributed by atoms with Gasteiger partial charge in [-0.15, -0.1) is 0 Å². The highest BCUT2D eigenvalue weighted by Gasteiger charge is 2.26. The van der Waals surface area contributed by atoms with E-state index in [1.54, 1.807) is 17.0 Å². The zero-order valence-corrected chi connectivity index (χ0v) is 13.5. The molecule has 1 amide bonds. The van der Waals surface area contributed by atoms with Gasteiger partial charge in [0.05, 0.1) is 23.2 Å². The smallest absolute Gasteiger partial charge is 0.244 e.